The Kier molecular flexibility index (Phi) is 4.39. The summed E-state index contributed by atoms with van der Waals surface area (Å²) < 4.78 is 2.26. The van der Waals surface area contributed by atoms with E-state index in [1.54, 1.807) is 0 Å². The van der Waals surface area contributed by atoms with Crippen LogP contribution in [0.3, 0.4) is 0 Å². The molecule has 28 heavy (non-hydrogen) atoms. The third-order valence-electron chi connectivity index (χ3n) is 5.43. The van der Waals surface area contributed by atoms with Gasteiger partial charge in [0.15, 0.2) is 11.5 Å². The monoisotopic (exact) mass is 363 g/mol. The lowest BCUT2D eigenvalue weighted by Gasteiger charge is -2.13. The minimum absolute atomic E-state index is 0.458. The normalized spacial score (nSPS) is 14.1. The van der Waals surface area contributed by atoms with Gasteiger partial charge in [0.05, 0.1) is 0 Å². The van der Waals surface area contributed by atoms with Crippen molar-refractivity contribution in [2.24, 2.45) is 0 Å². The molecule has 136 valence electrons. The first kappa shape index (κ1) is 16.8. The second kappa shape index (κ2) is 7.32. The Bertz CT molecular complexity index is 1170. The van der Waals surface area contributed by atoms with E-state index in [9.17, 15) is 0 Å². The Morgan fingerprint density at radius 1 is 0.821 bits per heavy atom. The maximum atomic E-state index is 4.78. The number of benzene rings is 2. The van der Waals surface area contributed by atoms with Crippen molar-refractivity contribution in [1.29, 1.82) is 0 Å². The highest BCUT2D eigenvalue weighted by Gasteiger charge is 2.22. The number of rotatable bonds is 2. The number of hydrogen-bond donors (Lipinski definition) is 0. The van der Waals surface area contributed by atoms with E-state index in [0.29, 0.717) is 6.04 Å². The smallest absolute Gasteiger partial charge is 0.188 e. The zero-order valence-corrected chi connectivity index (χ0v) is 15.7. The number of hydrogen-bond acceptors (Lipinski definition) is 2. The third kappa shape index (κ3) is 3.18. The molecule has 0 aliphatic heterocycles. The molecule has 0 bridgehead atoms. The highest BCUT2D eigenvalue weighted by Crippen LogP contribution is 2.32. The van der Waals surface area contributed by atoms with Gasteiger partial charge in [0.2, 0.25) is 0 Å². The third-order valence-corrected chi connectivity index (χ3v) is 5.43. The lowest BCUT2D eigenvalue weighted by molar-refractivity contribution is 0.524. The molecule has 0 N–H and O–H groups in total. The van der Waals surface area contributed by atoms with Crippen LogP contribution in [-0.2, 0) is 0 Å². The van der Waals surface area contributed by atoms with Crippen molar-refractivity contribution in [3.05, 3.63) is 84.3 Å². The van der Waals surface area contributed by atoms with Crippen LogP contribution in [0.2, 0.25) is 0 Å². The van der Waals surface area contributed by atoms with Crippen LogP contribution in [0.15, 0.2) is 72.9 Å². The average molecular weight is 363 g/mol. The Morgan fingerprint density at radius 3 is 2.50 bits per heavy atom. The standard InChI is InChI=1S/C25H21N3/c1-2-9-20(10-3-1)21-11-6-8-19(18-21)15-16-24-27-23-14-7-17-26-25(23)28(24)22-12-4-5-13-22/h1-3,6-11,14,17-18,22H,4-5,12-13H2. The van der Waals surface area contributed by atoms with E-state index in [0.717, 1.165) is 22.6 Å². The van der Waals surface area contributed by atoms with Gasteiger partial charge in [-0.25, -0.2) is 9.97 Å². The molecule has 2 aromatic heterocycles. The molecule has 1 aliphatic carbocycles. The zero-order chi connectivity index (χ0) is 18.8. The van der Waals surface area contributed by atoms with Gasteiger partial charge in [-0.1, -0.05) is 61.2 Å². The molecule has 0 spiro atoms. The predicted molar refractivity (Wildman–Crippen MR) is 113 cm³/mol. The first-order valence-electron chi connectivity index (χ1n) is 9.89. The SMILES string of the molecule is C(#Cc1nc2cccnc2n1C1CCCC1)c1cccc(-c2ccccc2)c1. The average Bonchev–Trinajstić information content (AvgIpc) is 3.40. The van der Waals surface area contributed by atoms with E-state index in [-0.39, 0.29) is 0 Å². The van der Waals surface area contributed by atoms with Gasteiger partial charge in [-0.15, -0.1) is 0 Å². The van der Waals surface area contributed by atoms with Crippen molar-refractivity contribution in [1.82, 2.24) is 14.5 Å². The van der Waals surface area contributed by atoms with Crippen LogP contribution in [0.5, 0.6) is 0 Å². The summed E-state index contributed by atoms with van der Waals surface area (Å²) >= 11 is 0. The summed E-state index contributed by atoms with van der Waals surface area (Å²) in [7, 11) is 0. The highest BCUT2D eigenvalue weighted by atomic mass is 15.1. The summed E-state index contributed by atoms with van der Waals surface area (Å²) in [6, 6.07) is 23.2. The number of imidazole rings is 1. The van der Waals surface area contributed by atoms with Crippen molar-refractivity contribution < 1.29 is 0 Å². The van der Waals surface area contributed by atoms with Crippen molar-refractivity contribution >= 4 is 11.2 Å². The fourth-order valence-electron chi connectivity index (χ4n) is 4.06. The molecule has 0 saturated heterocycles. The van der Waals surface area contributed by atoms with Gasteiger partial charge in [0.25, 0.3) is 0 Å². The molecule has 5 rings (SSSR count). The second-order valence-corrected chi connectivity index (χ2v) is 7.29. The minimum Gasteiger partial charge on any atom is -0.299 e. The van der Waals surface area contributed by atoms with Gasteiger partial charge in [-0.2, -0.15) is 0 Å². The van der Waals surface area contributed by atoms with Crippen LogP contribution in [-0.4, -0.2) is 14.5 Å². The van der Waals surface area contributed by atoms with Crippen molar-refractivity contribution in [3.8, 4) is 23.0 Å². The molecule has 0 atom stereocenters. The molecule has 2 aromatic carbocycles. The molecule has 1 fully saturated rings. The van der Waals surface area contributed by atoms with E-state index in [1.807, 2.05) is 24.4 Å². The van der Waals surface area contributed by atoms with Crippen molar-refractivity contribution in [2.75, 3.05) is 0 Å². The molecular formula is C25H21N3. The van der Waals surface area contributed by atoms with Crippen molar-refractivity contribution in [3.63, 3.8) is 0 Å². The molecule has 0 radical (unpaired) electrons. The van der Waals surface area contributed by atoms with Gasteiger partial charge in [0, 0.05) is 17.8 Å². The maximum Gasteiger partial charge on any atom is 0.188 e. The quantitative estimate of drug-likeness (QED) is 0.433. The Labute approximate surface area is 165 Å². The summed E-state index contributed by atoms with van der Waals surface area (Å²) in [4.78, 5) is 9.37. The molecule has 1 saturated carbocycles. The molecule has 0 amide bonds. The number of nitrogens with zero attached hydrogens (tertiary/aromatic N) is 3. The lowest BCUT2D eigenvalue weighted by atomic mass is 10.0. The summed E-state index contributed by atoms with van der Waals surface area (Å²) in [5.41, 5.74) is 5.26. The van der Waals surface area contributed by atoms with Crippen LogP contribution in [0, 0.1) is 11.8 Å². The van der Waals surface area contributed by atoms with Crippen LogP contribution in [0.1, 0.15) is 43.1 Å². The fourth-order valence-corrected chi connectivity index (χ4v) is 4.06. The Hall–Kier alpha value is -3.38. The molecule has 4 aromatic rings. The molecule has 1 aliphatic rings. The van der Waals surface area contributed by atoms with Gasteiger partial charge in [-0.3, -0.25) is 4.57 Å². The lowest BCUT2D eigenvalue weighted by Crippen LogP contribution is -2.08. The molecule has 3 nitrogen and oxygen atoms in total. The van der Waals surface area contributed by atoms with E-state index in [4.69, 9.17) is 4.98 Å². The van der Waals surface area contributed by atoms with E-state index >= 15 is 0 Å². The Balaban J connectivity index is 1.55. The van der Waals surface area contributed by atoms with E-state index in [1.165, 1.54) is 36.8 Å². The molecular weight excluding hydrogens is 342 g/mol. The summed E-state index contributed by atoms with van der Waals surface area (Å²) in [6.07, 6.45) is 6.74. The second-order valence-electron chi connectivity index (χ2n) is 7.29. The van der Waals surface area contributed by atoms with E-state index < -0.39 is 0 Å². The summed E-state index contributed by atoms with van der Waals surface area (Å²) in [5, 5.41) is 0. The van der Waals surface area contributed by atoms with Crippen LogP contribution in [0.25, 0.3) is 22.3 Å². The number of aromatic nitrogens is 3. The zero-order valence-electron chi connectivity index (χ0n) is 15.7. The van der Waals surface area contributed by atoms with Gasteiger partial charge in [-0.05, 0) is 54.2 Å². The van der Waals surface area contributed by atoms with Gasteiger partial charge >= 0.3 is 0 Å². The first-order valence-corrected chi connectivity index (χ1v) is 9.89. The summed E-state index contributed by atoms with van der Waals surface area (Å²) in [5.74, 6) is 7.50. The van der Waals surface area contributed by atoms with Crippen molar-refractivity contribution in [2.45, 2.75) is 31.7 Å². The molecule has 2 heterocycles. The molecule has 3 heteroatoms. The van der Waals surface area contributed by atoms with Gasteiger partial charge in [0.1, 0.15) is 5.52 Å². The van der Waals surface area contributed by atoms with E-state index in [2.05, 4.69) is 69.9 Å². The summed E-state index contributed by atoms with van der Waals surface area (Å²) in [6.45, 7) is 0. The predicted octanol–water partition coefficient (Wildman–Crippen LogP) is 5.61. The van der Waals surface area contributed by atoms with Crippen LogP contribution in [0.4, 0.5) is 0 Å². The largest absolute Gasteiger partial charge is 0.299 e. The fraction of sp³-hybridized carbons (Fsp3) is 0.200. The van der Waals surface area contributed by atoms with Crippen LogP contribution < -0.4 is 0 Å². The minimum atomic E-state index is 0.458. The van der Waals surface area contributed by atoms with Crippen LogP contribution >= 0.6 is 0 Å². The molecule has 0 unspecified atom stereocenters. The number of fused-ring (bicyclic) bond motifs is 1. The maximum absolute atomic E-state index is 4.78. The van der Waals surface area contributed by atoms with Gasteiger partial charge < -0.3 is 0 Å². The topological polar surface area (TPSA) is 30.7 Å². The Morgan fingerprint density at radius 2 is 1.64 bits per heavy atom. The first-order chi connectivity index (χ1) is 13.9. The number of pyridine rings is 1. The highest BCUT2D eigenvalue weighted by molar-refractivity contribution is 5.72.